The molecule has 0 aliphatic carbocycles. The van der Waals surface area contributed by atoms with E-state index in [4.69, 9.17) is 9.47 Å². The van der Waals surface area contributed by atoms with Crippen LogP contribution in [0.5, 0.6) is 0 Å². The summed E-state index contributed by atoms with van der Waals surface area (Å²) in [7, 11) is 2.24. The van der Waals surface area contributed by atoms with E-state index in [1.54, 1.807) is 0 Å². The van der Waals surface area contributed by atoms with Crippen molar-refractivity contribution >= 4 is 0 Å². The molecular formula is C46H85NO2. The Labute approximate surface area is 307 Å². The number of unbranched alkanes of at least 4 members (excludes halogenated alkanes) is 18. The minimum absolute atomic E-state index is 0.0246. The molecule has 0 N–H and O–H groups in total. The van der Waals surface area contributed by atoms with E-state index in [9.17, 15) is 0 Å². The molecule has 0 unspecified atom stereocenters. The van der Waals surface area contributed by atoms with Crippen molar-refractivity contribution in [1.29, 1.82) is 0 Å². The van der Waals surface area contributed by atoms with Crippen LogP contribution >= 0.6 is 0 Å². The van der Waals surface area contributed by atoms with Gasteiger partial charge in [0.05, 0.1) is 12.2 Å². The molecule has 1 spiro atoms. The van der Waals surface area contributed by atoms with Crippen LogP contribution in [0.2, 0.25) is 0 Å². The summed E-state index contributed by atoms with van der Waals surface area (Å²) in [6.07, 6.45) is 54.4. The summed E-state index contributed by atoms with van der Waals surface area (Å²) >= 11 is 0. The molecular weight excluding hydrogens is 599 g/mol. The molecule has 0 bridgehead atoms. The third-order valence-electron chi connectivity index (χ3n) is 10.4. The molecule has 49 heavy (non-hydrogen) atoms. The van der Waals surface area contributed by atoms with Crippen LogP contribution < -0.4 is 0 Å². The van der Waals surface area contributed by atoms with Crippen LogP contribution in [0.15, 0.2) is 48.6 Å². The van der Waals surface area contributed by atoms with Gasteiger partial charge in [0, 0.05) is 25.9 Å². The maximum absolute atomic E-state index is 7.00. The van der Waals surface area contributed by atoms with E-state index < -0.39 is 0 Å². The Hall–Kier alpha value is -1.16. The van der Waals surface area contributed by atoms with Gasteiger partial charge in [-0.2, -0.15) is 0 Å². The van der Waals surface area contributed by atoms with Gasteiger partial charge >= 0.3 is 0 Å². The number of piperidine rings is 1. The maximum Gasteiger partial charge on any atom is 0.169 e. The average Bonchev–Trinajstić information content (AvgIpc) is 3.48. The van der Waals surface area contributed by atoms with E-state index in [2.05, 4.69) is 74.4 Å². The highest BCUT2D eigenvalue weighted by molar-refractivity contribution is 4.95. The second-order valence-corrected chi connectivity index (χ2v) is 15.0. The van der Waals surface area contributed by atoms with E-state index in [0.29, 0.717) is 0 Å². The van der Waals surface area contributed by atoms with Crippen molar-refractivity contribution in [3.63, 3.8) is 0 Å². The summed E-state index contributed by atoms with van der Waals surface area (Å²) < 4.78 is 13.7. The average molecular weight is 684 g/mol. The molecule has 0 aromatic carbocycles. The molecule has 0 amide bonds. The van der Waals surface area contributed by atoms with E-state index in [-0.39, 0.29) is 11.4 Å². The van der Waals surface area contributed by atoms with Gasteiger partial charge in [0.1, 0.15) is 0 Å². The summed E-state index contributed by atoms with van der Waals surface area (Å²) in [5.74, 6) is -0.319. The fourth-order valence-corrected chi connectivity index (χ4v) is 7.13. The molecule has 0 aromatic rings. The van der Waals surface area contributed by atoms with Gasteiger partial charge in [-0.25, -0.2) is 0 Å². The lowest BCUT2D eigenvalue weighted by Crippen LogP contribution is -2.46. The van der Waals surface area contributed by atoms with Gasteiger partial charge in [0.15, 0.2) is 5.79 Å². The first-order valence-electron chi connectivity index (χ1n) is 21.8. The number of rotatable bonds is 30. The second kappa shape index (κ2) is 32.7. The van der Waals surface area contributed by atoms with Crippen LogP contribution in [0.25, 0.3) is 0 Å². The Morgan fingerprint density at radius 3 is 1.27 bits per heavy atom. The molecule has 2 aliphatic rings. The lowest BCUT2D eigenvalue weighted by molar-refractivity contribution is -0.204. The molecule has 2 heterocycles. The standard InChI is InChI=1S/C44H79NO2.C2H6/c1-4-6-8-10-12-14-16-18-20-22-24-26-28-30-32-34-36-44(46-42-43(47-44)38-40-45(3)41-39-43)37-35-33-31-29-27-25-23-21-19-17-15-13-11-9-7-5-2;1-2/h12-15,18-21H,4-11,16-17,22-42H2,1-3H3;1-2H3/b14-12-,15-13-,20-18-,21-19-;. The van der Waals surface area contributed by atoms with Crippen LogP contribution in [0.1, 0.15) is 207 Å². The zero-order valence-corrected chi connectivity index (χ0v) is 33.8. The van der Waals surface area contributed by atoms with Gasteiger partial charge in [0.25, 0.3) is 0 Å². The van der Waals surface area contributed by atoms with Crippen molar-refractivity contribution in [3.8, 4) is 0 Å². The van der Waals surface area contributed by atoms with E-state index >= 15 is 0 Å². The molecule has 0 aromatic heterocycles. The quantitative estimate of drug-likeness (QED) is 0.0555. The van der Waals surface area contributed by atoms with Crippen LogP contribution in [0.4, 0.5) is 0 Å². The Bertz CT molecular complexity index is 771. The highest BCUT2D eigenvalue weighted by Gasteiger charge is 2.50. The number of likely N-dealkylation sites (tertiary alicyclic amines) is 1. The summed E-state index contributed by atoms with van der Waals surface area (Å²) in [5.41, 5.74) is -0.0246. The lowest BCUT2D eigenvalue weighted by atomic mass is 9.92. The van der Waals surface area contributed by atoms with Crippen molar-refractivity contribution in [3.05, 3.63) is 48.6 Å². The summed E-state index contributed by atoms with van der Waals surface area (Å²) in [4.78, 5) is 2.44. The predicted molar refractivity (Wildman–Crippen MR) is 219 cm³/mol. The van der Waals surface area contributed by atoms with Crippen molar-refractivity contribution < 1.29 is 9.47 Å². The summed E-state index contributed by atoms with van der Waals surface area (Å²) in [5, 5.41) is 0. The van der Waals surface area contributed by atoms with Gasteiger partial charge in [-0.3, -0.25) is 0 Å². The van der Waals surface area contributed by atoms with Crippen molar-refractivity contribution in [2.24, 2.45) is 0 Å². The topological polar surface area (TPSA) is 21.7 Å². The fourth-order valence-electron chi connectivity index (χ4n) is 7.13. The molecule has 0 saturated carbocycles. The highest BCUT2D eigenvalue weighted by Crippen LogP contribution is 2.43. The Morgan fingerprint density at radius 2 is 0.857 bits per heavy atom. The lowest BCUT2D eigenvalue weighted by Gasteiger charge is -2.38. The SMILES string of the molecule is CC.CCCCC/C=C\C/C=C\CCCCCCCCC1(CCCCCCCC/C=C\C/C=C\CCCCC)OCC2(CCN(C)CC2)O1. The Morgan fingerprint density at radius 1 is 0.490 bits per heavy atom. The summed E-state index contributed by atoms with van der Waals surface area (Å²) in [6.45, 7) is 11.6. The molecule has 2 aliphatic heterocycles. The van der Waals surface area contributed by atoms with Crippen LogP contribution in [0, 0.1) is 0 Å². The Kier molecular flexibility index (Phi) is 30.6. The summed E-state index contributed by atoms with van der Waals surface area (Å²) in [6, 6.07) is 0. The monoisotopic (exact) mass is 684 g/mol. The van der Waals surface area contributed by atoms with E-state index in [1.165, 1.54) is 141 Å². The largest absolute Gasteiger partial charge is 0.347 e. The van der Waals surface area contributed by atoms with Crippen molar-refractivity contribution in [2.45, 2.75) is 219 Å². The number of hydrogen-bond donors (Lipinski definition) is 0. The van der Waals surface area contributed by atoms with E-state index in [0.717, 1.165) is 58.2 Å². The van der Waals surface area contributed by atoms with Gasteiger partial charge < -0.3 is 14.4 Å². The number of allylic oxidation sites excluding steroid dienone is 8. The molecule has 0 atom stereocenters. The van der Waals surface area contributed by atoms with Gasteiger partial charge in [-0.15, -0.1) is 0 Å². The number of hydrogen-bond acceptors (Lipinski definition) is 3. The first-order chi connectivity index (χ1) is 24.1. The third kappa shape index (κ3) is 24.6. The molecule has 3 heteroatoms. The van der Waals surface area contributed by atoms with Crippen LogP contribution in [-0.2, 0) is 9.47 Å². The molecule has 2 rings (SSSR count). The highest BCUT2D eigenvalue weighted by atomic mass is 16.8. The van der Waals surface area contributed by atoms with Crippen LogP contribution in [-0.4, -0.2) is 43.0 Å². The molecule has 2 fully saturated rings. The zero-order valence-electron chi connectivity index (χ0n) is 33.8. The van der Waals surface area contributed by atoms with Gasteiger partial charge in [-0.05, 0) is 96.9 Å². The third-order valence-corrected chi connectivity index (χ3v) is 10.4. The first kappa shape index (κ1) is 45.9. The Balaban J connectivity index is 0.00000589. The smallest absolute Gasteiger partial charge is 0.169 e. The molecule has 2 saturated heterocycles. The second-order valence-electron chi connectivity index (χ2n) is 15.0. The molecule has 286 valence electrons. The minimum atomic E-state index is -0.319. The number of ether oxygens (including phenoxy) is 2. The number of nitrogens with zero attached hydrogens (tertiary/aromatic N) is 1. The van der Waals surface area contributed by atoms with E-state index in [1.807, 2.05) is 13.8 Å². The van der Waals surface area contributed by atoms with Crippen molar-refractivity contribution in [1.82, 2.24) is 4.90 Å². The van der Waals surface area contributed by atoms with Crippen molar-refractivity contribution in [2.75, 3.05) is 26.7 Å². The predicted octanol–water partition coefficient (Wildman–Crippen LogP) is 14.6. The zero-order chi connectivity index (χ0) is 35.6. The molecule has 3 nitrogen and oxygen atoms in total. The first-order valence-corrected chi connectivity index (χ1v) is 21.8. The minimum Gasteiger partial charge on any atom is -0.347 e. The van der Waals surface area contributed by atoms with Gasteiger partial charge in [0.2, 0.25) is 0 Å². The fraction of sp³-hybridized carbons (Fsp3) is 0.826. The maximum atomic E-state index is 7.00. The van der Waals surface area contributed by atoms with Crippen LogP contribution in [0.3, 0.4) is 0 Å². The molecule has 0 radical (unpaired) electrons. The van der Waals surface area contributed by atoms with Gasteiger partial charge in [-0.1, -0.05) is 153 Å². The normalized spacial score (nSPS) is 17.7.